The maximum Gasteiger partial charge on any atom is 0.341 e. The summed E-state index contributed by atoms with van der Waals surface area (Å²) >= 11 is 1.13. The lowest BCUT2D eigenvalue weighted by Gasteiger charge is -2.08. The lowest BCUT2D eigenvalue weighted by molar-refractivity contribution is 0.0527. The molecule has 0 aliphatic rings. The fraction of sp³-hybridized carbons (Fsp3) is 0.455. The van der Waals surface area contributed by atoms with Crippen molar-refractivity contribution in [3.63, 3.8) is 0 Å². The number of nitrogens with one attached hydrogen (secondary N) is 2. The zero-order valence-corrected chi connectivity index (χ0v) is 11.3. The van der Waals surface area contributed by atoms with Gasteiger partial charge in [-0.05, 0) is 24.8 Å². The third kappa shape index (κ3) is 4.47. The monoisotopic (exact) mass is 292 g/mol. The number of alkyl halides is 2. The first kappa shape index (κ1) is 15.4. The zero-order valence-electron chi connectivity index (χ0n) is 10.5. The minimum absolute atomic E-state index is 0.213. The maximum atomic E-state index is 11.9. The van der Waals surface area contributed by atoms with Crippen LogP contribution < -0.4 is 10.6 Å². The molecule has 0 spiro atoms. The van der Waals surface area contributed by atoms with Crippen LogP contribution in [0.1, 0.15) is 22.8 Å². The van der Waals surface area contributed by atoms with Gasteiger partial charge in [-0.3, -0.25) is 5.32 Å². The molecule has 2 N–H and O–H groups in total. The van der Waals surface area contributed by atoms with Crippen LogP contribution in [0.4, 0.5) is 18.6 Å². The molecule has 106 valence electrons. The molecule has 1 aromatic heterocycles. The fourth-order valence-electron chi connectivity index (χ4n) is 1.31. The highest BCUT2D eigenvalue weighted by atomic mass is 32.1. The summed E-state index contributed by atoms with van der Waals surface area (Å²) in [5, 5.41) is 6.31. The van der Waals surface area contributed by atoms with Gasteiger partial charge in [0.1, 0.15) is 5.00 Å². The molecule has 0 saturated heterocycles. The topological polar surface area (TPSA) is 67.4 Å². The van der Waals surface area contributed by atoms with Crippen molar-refractivity contribution >= 4 is 28.3 Å². The van der Waals surface area contributed by atoms with E-state index < -0.39 is 25.0 Å². The minimum atomic E-state index is -2.62. The smallest absolute Gasteiger partial charge is 0.341 e. The number of rotatable bonds is 5. The molecule has 2 amide bonds. The predicted molar refractivity (Wildman–Crippen MR) is 68.0 cm³/mol. The van der Waals surface area contributed by atoms with Gasteiger partial charge in [-0.15, -0.1) is 11.3 Å². The van der Waals surface area contributed by atoms with E-state index in [0.717, 1.165) is 11.3 Å². The van der Waals surface area contributed by atoms with Gasteiger partial charge in [0, 0.05) is 0 Å². The van der Waals surface area contributed by atoms with E-state index in [1.54, 1.807) is 19.2 Å². The lowest BCUT2D eigenvalue weighted by atomic mass is 10.2. The molecule has 0 bridgehead atoms. The van der Waals surface area contributed by atoms with Gasteiger partial charge in [0.25, 0.3) is 6.43 Å². The first-order chi connectivity index (χ1) is 8.95. The number of amides is 2. The van der Waals surface area contributed by atoms with Crippen molar-refractivity contribution in [1.82, 2.24) is 5.32 Å². The van der Waals surface area contributed by atoms with Crippen LogP contribution in [0.25, 0.3) is 0 Å². The van der Waals surface area contributed by atoms with Gasteiger partial charge in [-0.1, -0.05) is 0 Å². The highest BCUT2D eigenvalue weighted by Crippen LogP contribution is 2.28. The second-order valence-electron chi connectivity index (χ2n) is 3.57. The van der Waals surface area contributed by atoms with E-state index in [-0.39, 0.29) is 17.2 Å². The Labute approximate surface area is 112 Å². The van der Waals surface area contributed by atoms with E-state index in [1.807, 2.05) is 5.32 Å². The SMILES string of the molecule is CCOC(=O)c1c(C)csc1NC(=O)NCC(F)F. The highest BCUT2D eigenvalue weighted by Gasteiger charge is 2.19. The molecular weight excluding hydrogens is 278 g/mol. The summed E-state index contributed by atoms with van der Waals surface area (Å²) in [7, 11) is 0. The Morgan fingerprint density at radius 2 is 2.16 bits per heavy atom. The molecule has 1 heterocycles. The Morgan fingerprint density at radius 1 is 1.47 bits per heavy atom. The van der Waals surface area contributed by atoms with Crippen LogP contribution in [0.3, 0.4) is 0 Å². The number of carbonyl (C=O) groups excluding carboxylic acids is 2. The standard InChI is InChI=1S/C11H14F2N2O3S/c1-3-18-10(16)8-6(2)5-19-9(8)15-11(17)14-4-7(12)13/h5,7H,3-4H2,1-2H3,(H2,14,15,17). The second-order valence-corrected chi connectivity index (χ2v) is 4.45. The summed E-state index contributed by atoms with van der Waals surface area (Å²) < 4.78 is 28.7. The van der Waals surface area contributed by atoms with Crippen molar-refractivity contribution < 1.29 is 23.1 Å². The van der Waals surface area contributed by atoms with Crippen molar-refractivity contribution in [1.29, 1.82) is 0 Å². The van der Waals surface area contributed by atoms with Crippen LogP contribution in [0, 0.1) is 6.92 Å². The van der Waals surface area contributed by atoms with Gasteiger partial charge in [-0.2, -0.15) is 0 Å². The lowest BCUT2D eigenvalue weighted by Crippen LogP contribution is -2.32. The number of carbonyl (C=O) groups is 2. The molecule has 1 rings (SSSR count). The van der Waals surface area contributed by atoms with Gasteiger partial charge in [-0.25, -0.2) is 18.4 Å². The second kappa shape index (κ2) is 7.03. The summed E-state index contributed by atoms with van der Waals surface area (Å²) in [4.78, 5) is 23.0. The van der Waals surface area contributed by atoms with Crippen LogP contribution in [0.5, 0.6) is 0 Å². The summed E-state index contributed by atoms with van der Waals surface area (Å²) in [5.41, 5.74) is 0.909. The Hall–Kier alpha value is -1.70. The Morgan fingerprint density at radius 3 is 2.74 bits per heavy atom. The number of esters is 1. The van der Waals surface area contributed by atoms with Gasteiger partial charge in [0.05, 0.1) is 18.7 Å². The van der Waals surface area contributed by atoms with Crippen LogP contribution in [0.15, 0.2) is 5.38 Å². The first-order valence-corrected chi connectivity index (χ1v) is 6.41. The molecule has 8 heteroatoms. The maximum absolute atomic E-state index is 11.9. The van der Waals surface area contributed by atoms with Crippen molar-refractivity contribution in [2.75, 3.05) is 18.5 Å². The molecular formula is C11H14F2N2O3S. The fourth-order valence-corrected chi connectivity index (χ4v) is 2.24. The molecule has 0 saturated carbocycles. The summed E-state index contributed by atoms with van der Waals surface area (Å²) in [6.45, 7) is 2.84. The van der Waals surface area contributed by atoms with Gasteiger partial charge in [0.15, 0.2) is 0 Å². The number of thiophene rings is 1. The molecule has 1 aromatic rings. The number of ether oxygens (including phenoxy) is 1. The zero-order chi connectivity index (χ0) is 14.4. The Bertz CT molecular complexity index is 463. The van der Waals surface area contributed by atoms with E-state index >= 15 is 0 Å². The predicted octanol–water partition coefficient (Wildman–Crippen LogP) is 2.62. The first-order valence-electron chi connectivity index (χ1n) is 5.53. The number of hydrogen-bond donors (Lipinski definition) is 2. The van der Waals surface area contributed by atoms with Gasteiger partial charge < -0.3 is 10.1 Å². The van der Waals surface area contributed by atoms with E-state index in [4.69, 9.17) is 4.74 Å². The number of halogens is 2. The average Bonchev–Trinajstić information content (AvgIpc) is 2.68. The number of hydrogen-bond acceptors (Lipinski definition) is 4. The van der Waals surface area contributed by atoms with Crippen molar-refractivity contribution in [2.24, 2.45) is 0 Å². The van der Waals surface area contributed by atoms with Crippen LogP contribution >= 0.6 is 11.3 Å². The number of anilines is 1. The molecule has 0 aliphatic heterocycles. The molecule has 0 aliphatic carbocycles. The summed E-state index contributed by atoms with van der Waals surface area (Å²) in [5.74, 6) is -0.551. The van der Waals surface area contributed by atoms with E-state index in [1.165, 1.54) is 0 Å². The third-order valence-electron chi connectivity index (χ3n) is 2.10. The Kier molecular flexibility index (Phi) is 5.68. The molecule has 19 heavy (non-hydrogen) atoms. The quantitative estimate of drug-likeness (QED) is 0.820. The molecule has 0 aromatic carbocycles. The molecule has 0 radical (unpaired) electrons. The molecule has 0 fully saturated rings. The van der Waals surface area contributed by atoms with Gasteiger partial charge >= 0.3 is 12.0 Å². The molecule has 0 atom stereocenters. The molecule has 0 unspecified atom stereocenters. The van der Waals surface area contributed by atoms with Crippen molar-refractivity contribution in [3.8, 4) is 0 Å². The van der Waals surface area contributed by atoms with Crippen LogP contribution in [0.2, 0.25) is 0 Å². The van der Waals surface area contributed by atoms with Crippen molar-refractivity contribution in [2.45, 2.75) is 20.3 Å². The van der Waals surface area contributed by atoms with E-state index in [2.05, 4.69) is 5.32 Å². The molecule has 5 nitrogen and oxygen atoms in total. The summed E-state index contributed by atoms with van der Waals surface area (Å²) in [6, 6.07) is -0.785. The third-order valence-corrected chi connectivity index (χ3v) is 3.11. The van der Waals surface area contributed by atoms with Gasteiger partial charge in [0.2, 0.25) is 0 Å². The van der Waals surface area contributed by atoms with Crippen LogP contribution in [-0.4, -0.2) is 31.6 Å². The number of aryl methyl sites for hydroxylation is 1. The van der Waals surface area contributed by atoms with E-state index in [0.29, 0.717) is 5.56 Å². The minimum Gasteiger partial charge on any atom is -0.462 e. The Balaban J connectivity index is 2.73. The van der Waals surface area contributed by atoms with E-state index in [9.17, 15) is 18.4 Å². The normalized spacial score (nSPS) is 10.4. The number of urea groups is 1. The largest absolute Gasteiger partial charge is 0.462 e. The highest BCUT2D eigenvalue weighted by molar-refractivity contribution is 7.15. The van der Waals surface area contributed by atoms with Crippen molar-refractivity contribution in [3.05, 3.63) is 16.5 Å². The average molecular weight is 292 g/mol. The summed E-state index contributed by atoms with van der Waals surface area (Å²) in [6.07, 6.45) is -2.62. The van der Waals surface area contributed by atoms with Crippen LogP contribution in [-0.2, 0) is 4.74 Å².